The molecule has 0 saturated carbocycles. The minimum absolute atomic E-state index is 0.371. The van der Waals surface area contributed by atoms with Gasteiger partial charge in [0.25, 0.3) is 5.91 Å². The number of carbonyl (C=O) groups excluding carboxylic acids is 3. The second-order valence-corrected chi connectivity index (χ2v) is 12.1. The van der Waals surface area contributed by atoms with Crippen LogP contribution in [-0.4, -0.2) is 128 Å². The number of unbranched alkanes of at least 4 members (excludes halogenated alkanes) is 6. The third-order valence-electron chi connectivity index (χ3n) is 7.69. The zero-order chi connectivity index (χ0) is 34.0. The lowest BCUT2D eigenvalue weighted by Gasteiger charge is -2.26. The summed E-state index contributed by atoms with van der Waals surface area (Å²) in [6, 6.07) is 0. The lowest BCUT2D eigenvalue weighted by molar-refractivity contribution is -0.149. The Kier molecular flexibility index (Phi) is 31.7. The van der Waals surface area contributed by atoms with Crippen LogP contribution in [0.5, 0.6) is 0 Å². The standard InChI is InChI=1S/C33H71N9O4/c1-34-16-4-7-19-37-22-10-13-25-40-30(43)28-33(46,32(45)42-27-15-12-24-39-21-9-6-18-36-3)29-31(44)41-26-14-11-23-38-20-8-5-17-35-2/h34-39,46H,4-29H2,1-3H3,(H,40,43)(H,41,44)(H,42,45). The van der Waals surface area contributed by atoms with E-state index in [1.165, 1.54) is 0 Å². The first-order valence-electron chi connectivity index (χ1n) is 18.0. The summed E-state index contributed by atoms with van der Waals surface area (Å²) in [5.74, 6) is -1.55. The van der Waals surface area contributed by atoms with Gasteiger partial charge in [0.05, 0.1) is 12.8 Å². The van der Waals surface area contributed by atoms with E-state index in [2.05, 4.69) is 47.9 Å². The molecule has 13 heteroatoms. The van der Waals surface area contributed by atoms with Crippen molar-refractivity contribution in [3.05, 3.63) is 0 Å². The minimum Gasteiger partial charge on any atom is -0.379 e. The summed E-state index contributed by atoms with van der Waals surface area (Å²) in [4.78, 5) is 38.6. The fraction of sp³-hybridized carbons (Fsp3) is 0.909. The van der Waals surface area contributed by atoms with Gasteiger partial charge >= 0.3 is 0 Å². The van der Waals surface area contributed by atoms with Crippen molar-refractivity contribution in [1.29, 1.82) is 0 Å². The van der Waals surface area contributed by atoms with E-state index >= 15 is 0 Å². The number of carbonyl (C=O) groups is 3. The molecule has 13 nitrogen and oxygen atoms in total. The van der Waals surface area contributed by atoms with Gasteiger partial charge in [-0.15, -0.1) is 0 Å². The lowest BCUT2D eigenvalue weighted by Crippen LogP contribution is -2.52. The molecule has 272 valence electrons. The summed E-state index contributed by atoms with van der Waals surface area (Å²) in [7, 11) is 5.86. The normalized spacial score (nSPS) is 11.5. The summed E-state index contributed by atoms with van der Waals surface area (Å²) in [6.45, 7) is 9.83. The van der Waals surface area contributed by atoms with Crippen molar-refractivity contribution in [3.63, 3.8) is 0 Å². The van der Waals surface area contributed by atoms with Gasteiger partial charge in [-0.25, -0.2) is 0 Å². The van der Waals surface area contributed by atoms with Crippen LogP contribution >= 0.6 is 0 Å². The topological polar surface area (TPSA) is 180 Å². The Morgan fingerprint density at radius 2 is 0.674 bits per heavy atom. The maximum Gasteiger partial charge on any atom is 0.253 e. The molecule has 0 aromatic heterocycles. The second-order valence-electron chi connectivity index (χ2n) is 12.1. The summed E-state index contributed by atoms with van der Waals surface area (Å²) in [5.41, 5.74) is -2.11. The Bertz CT molecular complexity index is 693. The van der Waals surface area contributed by atoms with Crippen LogP contribution in [0.3, 0.4) is 0 Å². The van der Waals surface area contributed by atoms with Crippen molar-refractivity contribution in [2.45, 2.75) is 95.5 Å². The lowest BCUT2D eigenvalue weighted by atomic mass is 9.93. The van der Waals surface area contributed by atoms with Gasteiger partial charge < -0.3 is 53.0 Å². The quantitative estimate of drug-likeness (QED) is 0.0416. The Hall–Kier alpha value is -1.87. The average Bonchev–Trinajstić information content (AvgIpc) is 3.03. The molecule has 0 aliphatic carbocycles. The molecule has 0 heterocycles. The van der Waals surface area contributed by atoms with Gasteiger partial charge in [0.1, 0.15) is 0 Å². The molecule has 0 aliphatic heterocycles. The molecule has 0 spiro atoms. The summed E-state index contributed by atoms with van der Waals surface area (Å²) < 4.78 is 0. The highest BCUT2D eigenvalue weighted by Gasteiger charge is 2.40. The van der Waals surface area contributed by atoms with Crippen LogP contribution in [0, 0.1) is 0 Å². The van der Waals surface area contributed by atoms with Crippen molar-refractivity contribution < 1.29 is 19.5 Å². The summed E-state index contributed by atoms with van der Waals surface area (Å²) in [6.07, 6.45) is 10.8. The molecule has 0 radical (unpaired) electrons. The monoisotopic (exact) mass is 658 g/mol. The van der Waals surface area contributed by atoms with Crippen molar-refractivity contribution in [2.24, 2.45) is 0 Å². The van der Waals surface area contributed by atoms with E-state index in [9.17, 15) is 19.5 Å². The van der Waals surface area contributed by atoms with Crippen LogP contribution in [-0.2, 0) is 14.4 Å². The van der Waals surface area contributed by atoms with Crippen LogP contribution in [0.2, 0.25) is 0 Å². The van der Waals surface area contributed by atoms with E-state index < -0.39 is 36.2 Å². The van der Waals surface area contributed by atoms with E-state index in [4.69, 9.17) is 0 Å². The average molecular weight is 658 g/mol. The van der Waals surface area contributed by atoms with Gasteiger partial charge in [-0.05, 0) is 157 Å². The van der Waals surface area contributed by atoms with Gasteiger partial charge in [0.15, 0.2) is 5.60 Å². The zero-order valence-corrected chi connectivity index (χ0v) is 29.6. The molecule has 0 rings (SSSR count). The van der Waals surface area contributed by atoms with E-state index in [0.29, 0.717) is 19.6 Å². The van der Waals surface area contributed by atoms with Gasteiger partial charge in [0.2, 0.25) is 11.8 Å². The number of aliphatic hydroxyl groups is 1. The van der Waals surface area contributed by atoms with Crippen molar-refractivity contribution in [1.82, 2.24) is 47.9 Å². The predicted molar refractivity (Wildman–Crippen MR) is 189 cm³/mol. The van der Waals surface area contributed by atoms with Gasteiger partial charge in [-0.1, -0.05) is 0 Å². The van der Waals surface area contributed by atoms with Crippen LogP contribution < -0.4 is 47.9 Å². The third kappa shape index (κ3) is 28.4. The fourth-order valence-electron chi connectivity index (χ4n) is 4.86. The molecule has 0 unspecified atom stereocenters. The molecule has 0 bridgehead atoms. The molecule has 3 amide bonds. The van der Waals surface area contributed by atoms with Crippen molar-refractivity contribution in [3.8, 4) is 0 Å². The molecular weight excluding hydrogens is 586 g/mol. The molecule has 0 fully saturated rings. The third-order valence-corrected chi connectivity index (χ3v) is 7.69. The zero-order valence-electron chi connectivity index (χ0n) is 29.6. The first kappa shape index (κ1) is 44.1. The second kappa shape index (κ2) is 33.0. The Morgan fingerprint density at radius 1 is 0.413 bits per heavy atom. The smallest absolute Gasteiger partial charge is 0.253 e. The summed E-state index contributed by atoms with van der Waals surface area (Å²) in [5, 5.41) is 39.3. The summed E-state index contributed by atoms with van der Waals surface area (Å²) >= 11 is 0. The number of hydrogen-bond donors (Lipinski definition) is 10. The van der Waals surface area contributed by atoms with Crippen LogP contribution in [0.25, 0.3) is 0 Å². The van der Waals surface area contributed by atoms with E-state index in [1.807, 2.05) is 21.1 Å². The highest BCUT2D eigenvalue weighted by molar-refractivity contribution is 5.95. The number of hydrogen-bond acceptors (Lipinski definition) is 10. The molecule has 0 aliphatic rings. The highest BCUT2D eigenvalue weighted by Crippen LogP contribution is 2.16. The van der Waals surface area contributed by atoms with E-state index in [0.717, 1.165) is 136 Å². The molecule has 0 aromatic rings. The Morgan fingerprint density at radius 3 is 0.978 bits per heavy atom. The van der Waals surface area contributed by atoms with Crippen molar-refractivity contribution in [2.75, 3.05) is 99.7 Å². The fourth-order valence-corrected chi connectivity index (χ4v) is 4.86. The maximum absolute atomic E-state index is 13.1. The first-order valence-corrected chi connectivity index (χ1v) is 18.0. The van der Waals surface area contributed by atoms with Crippen LogP contribution in [0.1, 0.15) is 89.9 Å². The molecular formula is C33H71N9O4. The highest BCUT2D eigenvalue weighted by atomic mass is 16.3. The van der Waals surface area contributed by atoms with Crippen molar-refractivity contribution >= 4 is 17.7 Å². The molecule has 0 aromatic carbocycles. The first-order chi connectivity index (χ1) is 22.4. The predicted octanol–water partition coefficient (Wildman–Crippen LogP) is -0.0455. The van der Waals surface area contributed by atoms with Gasteiger partial charge in [-0.2, -0.15) is 0 Å². The van der Waals surface area contributed by atoms with E-state index in [-0.39, 0.29) is 0 Å². The van der Waals surface area contributed by atoms with Crippen LogP contribution in [0.15, 0.2) is 0 Å². The number of nitrogens with one attached hydrogen (secondary N) is 9. The number of amides is 3. The SMILES string of the molecule is CNCCCCNCCCCNC(=O)CC(O)(CC(=O)NCCCCNCCCCNC)C(=O)NCCCCNCCCCNC. The Labute approximate surface area is 280 Å². The van der Waals surface area contributed by atoms with Crippen LogP contribution in [0.4, 0.5) is 0 Å². The number of rotatable bonds is 35. The molecule has 46 heavy (non-hydrogen) atoms. The molecule has 10 N–H and O–H groups in total. The van der Waals surface area contributed by atoms with E-state index in [1.54, 1.807) is 0 Å². The van der Waals surface area contributed by atoms with Gasteiger partial charge in [0, 0.05) is 19.6 Å². The maximum atomic E-state index is 13.1. The minimum atomic E-state index is -2.11. The molecule has 0 saturated heterocycles. The van der Waals surface area contributed by atoms with Gasteiger partial charge in [-0.3, -0.25) is 14.4 Å². The molecule has 0 atom stereocenters. The Balaban J connectivity index is 4.56. The largest absolute Gasteiger partial charge is 0.379 e.